The van der Waals surface area contributed by atoms with E-state index in [4.69, 9.17) is 14.3 Å². The van der Waals surface area contributed by atoms with Gasteiger partial charge in [0.1, 0.15) is 17.1 Å². The predicted octanol–water partition coefficient (Wildman–Crippen LogP) is 5.02. The number of carbonyl (C=O) groups excluding carboxylic acids is 1. The minimum atomic E-state index is -4.96. The Morgan fingerprint density at radius 3 is 2.05 bits per heavy atom. The van der Waals surface area contributed by atoms with E-state index in [0.717, 1.165) is 5.56 Å². The second-order valence-electron chi connectivity index (χ2n) is 9.94. The third kappa shape index (κ3) is 7.74. The number of hydrogen-bond acceptors (Lipinski definition) is 7. The molecule has 0 fully saturated rings. The van der Waals surface area contributed by atoms with Crippen LogP contribution in [0.3, 0.4) is 0 Å². The van der Waals surface area contributed by atoms with E-state index in [2.05, 4.69) is 0 Å². The smallest absolute Gasteiger partial charge is 0.453 e. The van der Waals surface area contributed by atoms with Gasteiger partial charge in [0.2, 0.25) is 11.2 Å². The molecule has 0 aliphatic heterocycles. The van der Waals surface area contributed by atoms with Crippen LogP contribution in [0.5, 0.6) is 17.2 Å². The topological polar surface area (TPSA) is 137 Å². The lowest BCUT2D eigenvalue weighted by Gasteiger charge is -2.19. The first kappa shape index (κ1) is 30.2. The van der Waals surface area contributed by atoms with E-state index >= 15 is 0 Å². The van der Waals surface area contributed by atoms with Crippen molar-refractivity contribution in [2.75, 3.05) is 0 Å². The van der Waals surface area contributed by atoms with Gasteiger partial charge in [0, 0.05) is 5.56 Å². The number of rotatable bonds is 6. The third-order valence-corrected chi connectivity index (χ3v) is 5.20. The van der Waals surface area contributed by atoms with Crippen LogP contribution in [-0.2, 0) is 27.6 Å². The monoisotopic (exact) mass is 537 g/mol. The first-order chi connectivity index (χ1) is 17.4. The van der Waals surface area contributed by atoms with E-state index in [1.165, 1.54) is 24.3 Å². The third-order valence-electron chi connectivity index (χ3n) is 5.20. The summed E-state index contributed by atoms with van der Waals surface area (Å²) in [4.78, 5) is 31.7. The zero-order valence-corrected chi connectivity index (χ0v) is 21.4. The van der Waals surface area contributed by atoms with E-state index in [0.29, 0.717) is 0 Å². The highest BCUT2D eigenvalue weighted by molar-refractivity contribution is 5.87. The zero-order chi connectivity index (χ0) is 29.0. The van der Waals surface area contributed by atoms with Crippen LogP contribution in [0.25, 0.3) is 11.0 Å². The number of aromatic hydroxyl groups is 1. The predicted molar refractivity (Wildman–Crippen MR) is 130 cm³/mol. The zero-order valence-electron chi connectivity index (χ0n) is 21.4. The average Bonchev–Trinajstić information content (AvgIpc) is 2.75. The van der Waals surface area contributed by atoms with Crippen molar-refractivity contribution in [2.45, 2.75) is 59.1 Å². The van der Waals surface area contributed by atoms with Crippen molar-refractivity contribution in [3.8, 4) is 17.2 Å². The standard InChI is InChI=1S/C24H25F3O4.C3H4O4/c1-13(2)12-17-18(28)11-10-16-19(29)21(22(24(25,26)27)31-20(16)17)30-15-8-6-14(7-9-15)23(3,4)5;4-2(5)1-3(6)7/h6-11,13,28H,12H2,1-5H3;1H2,(H,4,5)(H,6,7)/p-1. The molecule has 3 rings (SSSR count). The molecule has 38 heavy (non-hydrogen) atoms. The molecule has 1 heterocycles. The van der Waals surface area contributed by atoms with Gasteiger partial charge in [-0.2, -0.15) is 13.2 Å². The van der Waals surface area contributed by atoms with Gasteiger partial charge in [-0.3, -0.25) is 9.59 Å². The van der Waals surface area contributed by atoms with Gasteiger partial charge in [0.25, 0.3) is 5.76 Å². The number of carbonyl (C=O) groups is 2. The summed E-state index contributed by atoms with van der Waals surface area (Å²) in [6.45, 7) is 9.71. The summed E-state index contributed by atoms with van der Waals surface area (Å²) >= 11 is 0. The maximum atomic E-state index is 13.8. The minimum absolute atomic E-state index is 0.0217. The molecule has 0 atom stereocenters. The summed E-state index contributed by atoms with van der Waals surface area (Å²) in [6, 6.07) is 9.05. The molecule has 0 bridgehead atoms. The molecule has 0 radical (unpaired) electrons. The molecule has 1 aromatic heterocycles. The van der Waals surface area contributed by atoms with Crippen molar-refractivity contribution in [3.63, 3.8) is 0 Å². The fourth-order valence-corrected chi connectivity index (χ4v) is 3.44. The summed E-state index contributed by atoms with van der Waals surface area (Å²) in [5.41, 5.74) is -0.238. The lowest BCUT2D eigenvalue weighted by molar-refractivity contribution is -0.305. The molecule has 0 aliphatic carbocycles. The number of ether oxygens (including phenoxy) is 1. The van der Waals surface area contributed by atoms with Crippen molar-refractivity contribution in [2.24, 2.45) is 5.92 Å². The Kier molecular flexibility index (Phi) is 9.20. The quantitative estimate of drug-likeness (QED) is 0.419. The number of aliphatic carboxylic acids is 2. The number of phenolic OH excluding ortho intramolecular Hbond substituents is 1. The summed E-state index contributed by atoms with van der Waals surface area (Å²) in [5.74, 6) is -5.50. The lowest BCUT2D eigenvalue weighted by Crippen LogP contribution is -2.24. The Balaban J connectivity index is 0.000000638. The number of fused-ring (bicyclic) bond motifs is 1. The first-order valence-corrected chi connectivity index (χ1v) is 11.5. The molecule has 0 aliphatic rings. The molecule has 3 aromatic rings. The molecule has 0 spiro atoms. The molecule has 0 saturated heterocycles. The molecular weight excluding hydrogens is 509 g/mol. The highest BCUT2D eigenvalue weighted by Gasteiger charge is 2.41. The van der Waals surface area contributed by atoms with Gasteiger partial charge in [0.05, 0.1) is 17.8 Å². The molecule has 206 valence electrons. The fraction of sp³-hybridized carbons (Fsp3) is 0.370. The minimum Gasteiger partial charge on any atom is -0.550 e. The van der Waals surface area contributed by atoms with Crippen LogP contribution in [0.1, 0.15) is 57.9 Å². The summed E-state index contributed by atoms with van der Waals surface area (Å²) in [7, 11) is 0. The van der Waals surface area contributed by atoms with E-state index in [9.17, 15) is 37.8 Å². The highest BCUT2D eigenvalue weighted by Crippen LogP contribution is 2.40. The van der Waals surface area contributed by atoms with Crippen molar-refractivity contribution >= 4 is 22.9 Å². The van der Waals surface area contributed by atoms with E-state index in [-0.39, 0.29) is 45.8 Å². The van der Waals surface area contributed by atoms with Gasteiger partial charge < -0.3 is 29.3 Å². The van der Waals surface area contributed by atoms with Gasteiger partial charge in [-0.15, -0.1) is 0 Å². The number of benzene rings is 2. The van der Waals surface area contributed by atoms with Crippen molar-refractivity contribution in [1.82, 2.24) is 0 Å². The van der Waals surface area contributed by atoms with Crippen LogP contribution >= 0.6 is 0 Å². The molecule has 0 saturated carbocycles. The Hall–Kier alpha value is -4.02. The number of halogens is 3. The van der Waals surface area contributed by atoms with Gasteiger partial charge >= 0.3 is 12.1 Å². The Labute approximate surface area is 216 Å². The first-order valence-electron chi connectivity index (χ1n) is 11.5. The van der Waals surface area contributed by atoms with E-state index in [1.54, 1.807) is 12.1 Å². The second kappa shape index (κ2) is 11.6. The van der Waals surface area contributed by atoms with Crippen molar-refractivity contribution < 1.29 is 47.2 Å². The molecule has 2 aromatic carbocycles. The number of hydrogen-bond donors (Lipinski definition) is 2. The van der Waals surface area contributed by atoms with Gasteiger partial charge in [-0.1, -0.05) is 46.8 Å². The molecule has 0 unspecified atom stereocenters. The van der Waals surface area contributed by atoms with E-state index in [1.807, 2.05) is 34.6 Å². The SMILES string of the molecule is CC(C)Cc1c(O)ccc2c(=O)c(Oc3ccc(C(C)(C)C)cc3)c(C(F)(F)F)oc12.O=C([O-])CC(=O)O. The highest BCUT2D eigenvalue weighted by atomic mass is 19.4. The number of phenols is 1. The number of alkyl halides is 3. The lowest BCUT2D eigenvalue weighted by atomic mass is 9.87. The van der Waals surface area contributed by atoms with Crippen LogP contribution < -0.4 is 15.3 Å². The molecule has 11 heteroatoms. The molecule has 8 nitrogen and oxygen atoms in total. The Bertz CT molecular complexity index is 1350. The maximum Gasteiger partial charge on any atom is 0.453 e. The van der Waals surface area contributed by atoms with Crippen LogP contribution in [0, 0.1) is 5.92 Å². The largest absolute Gasteiger partial charge is 0.550 e. The molecule has 2 N–H and O–H groups in total. The van der Waals surface area contributed by atoms with Gasteiger partial charge in [0.15, 0.2) is 0 Å². The molecule has 0 amide bonds. The van der Waals surface area contributed by atoms with Crippen LogP contribution in [0.15, 0.2) is 45.6 Å². The number of carboxylic acids is 2. The Morgan fingerprint density at radius 2 is 1.63 bits per heavy atom. The number of carboxylic acid groups (broad SMARTS) is 2. The second-order valence-corrected chi connectivity index (χ2v) is 9.94. The summed E-state index contributed by atoms with van der Waals surface area (Å²) in [5, 5.41) is 27.1. The summed E-state index contributed by atoms with van der Waals surface area (Å²) in [6.07, 6.45) is -5.63. The normalized spacial score (nSPS) is 11.7. The average molecular weight is 538 g/mol. The van der Waals surface area contributed by atoms with Gasteiger partial charge in [-0.05, 0) is 47.6 Å². The van der Waals surface area contributed by atoms with Crippen molar-refractivity contribution in [3.05, 3.63) is 63.5 Å². The maximum absolute atomic E-state index is 13.8. The van der Waals surface area contributed by atoms with Crippen LogP contribution in [0.2, 0.25) is 0 Å². The van der Waals surface area contributed by atoms with Crippen LogP contribution in [-0.4, -0.2) is 22.2 Å². The van der Waals surface area contributed by atoms with Crippen LogP contribution in [0.4, 0.5) is 13.2 Å². The Morgan fingerprint density at radius 1 is 1.05 bits per heavy atom. The van der Waals surface area contributed by atoms with Crippen molar-refractivity contribution in [1.29, 1.82) is 0 Å². The fourth-order valence-electron chi connectivity index (χ4n) is 3.44. The van der Waals surface area contributed by atoms with E-state index < -0.39 is 41.5 Å². The van der Waals surface area contributed by atoms with Gasteiger partial charge in [-0.25, -0.2) is 0 Å². The summed E-state index contributed by atoms with van der Waals surface area (Å²) < 4.78 is 52.0. The molecular formula is C27H28F3O8-.